The van der Waals surface area contributed by atoms with Crippen LogP contribution in [0.2, 0.25) is 0 Å². The molecule has 1 aliphatic carbocycles. The van der Waals surface area contributed by atoms with Gasteiger partial charge < -0.3 is 30.2 Å². The summed E-state index contributed by atoms with van der Waals surface area (Å²) < 4.78 is 5.79. The summed E-state index contributed by atoms with van der Waals surface area (Å²) in [5.74, 6) is 6.39. The van der Waals surface area contributed by atoms with Gasteiger partial charge in [0, 0.05) is 56.6 Å². The molecule has 2 atom stereocenters. The largest absolute Gasteiger partial charge is 0.506 e. The molecule has 1 aliphatic rings. The Morgan fingerprint density at radius 1 is 1.15 bits per heavy atom. The smallest absolute Gasteiger partial charge is 0.248 e. The molecule has 1 heterocycles. The van der Waals surface area contributed by atoms with Crippen molar-refractivity contribution in [3.05, 3.63) is 40.2 Å². The third kappa shape index (κ3) is 8.14. The van der Waals surface area contributed by atoms with E-state index in [1.165, 1.54) is 18.6 Å². The quantitative estimate of drug-likeness (QED) is 0.236. The van der Waals surface area contributed by atoms with E-state index in [4.69, 9.17) is 4.74 Å². The molecule has 4 N–H and O–H groups in total. The van der Waals surface area contributed by atoms with Gasteiger partial charge in [0.2, 0.25) is 5.56 Å². The van der Waals surface area contributed by atoms with Crippen LogP contribution in [0.15, 0.2) is 29.1 Å². The topological polar surface area (TPSA) is 97.8 Å². The second kappa shape index (κ2) is 14.1. The Morgan fingerprint density at radius 3 is 2.79 bits per heavy atom. The number of fused-ring (bicyclic) bond motifs is 1. The monoisotopic (exact) mass is 469 g/mol. The number of unbranched alkanes of at least 4 members (excludes halogenated alkanes) is 3. The normalized spacial score (nSPS) is 16.5. The molecular formula is C27H39N3O4. The average molecular weight is 470 g/mol. The van der Waals surface area contributed by atoms with Crippen LogP contribution in [0.5, 0.6) is 5.75 Å². The number of pyridine rings is 1. The predicted molar refractivity (Wildman–Crippen MR) is 136 cm³/mol. The van der Waals surface area contributed by atoms with Crippen molar-refractivity contribution >= 4 is 10.9 Å². The molecule has 34 heavy (non-hydrogen) atoms. The van der Waals surface area contributed by atoms with Crippen molar-refractivity contribution in [2.45, 2.75) is 63.5 Å². The van der Waals surface area contributed by atoms with Crippen LogP contribution in [0.1, 0.15) is 63.0 Å². The first-order chi connectivity index (χ1) is 16.6. The molecule has 1 aromatic heterocycles. The van der Waals surface area contributed by atoms with Crippen LogP contribution in [-0.2, 0) is 4.74 Å². The average Bonchev–Trinajstić information content (AvgIpc) is 2.85. The molecular weight excluding hydrogens is 430 g/mol. The van der Waals surface area contributed by atoms with Crippen molar-refractivity contribution in [2.75, 3.05) is 39.9 Å². The maximum Gasteiger partial charge on any atom is 0.248 e. The molecule has 7 heteroatoms. The molecule has 0 saturated carbocycles. The lowest BCUT2D eigenvalue weighted by Crippen LogP contribution is -2.33. The molecule has 0 radical (unpaired) electrons. The summed E-state index contributed by atoms with van der Waals surface area (Å²) in [6.07, 6.45) is 7.96. The molecule has 0 saturated heterocycles. The van der Waals surface area contributed by atoms with Crippen molar-refractivity contribution in [2.24, 2.45) is 0 Å². The zero-order chi connectivity index (χ0) is 24.2. The number of H-pyrrole nitrogens is 1. The highest BCUT2D eigenvalue weighted by Crippen LogP contribution is 2.28. The number of aliphatic hydroxyl groups is 1. The van der Waals surface area contributed by atoms with Crippen LogP contribution >= 0.6 is 0 Å². The first-order valence-electron chi connectivity index (χ1n) is 12.5. The van der Waals surface area contributed by atoms with E-state index in [1.807, 2.05) is 0 Å². The van der Waals surface area contributed by atoms with Gasteiger partial charge in [-0.1, -0.05) is 18.9 Å². The maximum atomic E-state index is 11.5. The zero-order valence-electron chi connectivity index (χ0n) is 20.3. The van der Waals surface area contributed by atoms with Crippen LogP contribution in [0.3, 0.4) is 0 Å². The number of nitrogens with one attached hydrogen (secondary N) is 2. The van der Waals surface area contributed by atoms with Crippen molar-refractivity contribution in [3.8, 4) is 17.6 Å². The van der Waals surface area contributed by atoms with Crippen molar-refractivity contribution in [3.63, 3.8) is 0 Å². The van der Waals surface area contributed by atoms with Crippen LogP contribution in [-0.4, -0.2) is 66.0 Å². The van der Waals surface area contributed by atoms with Crippen molar-refractivity contribution < 1.29 is 14.9 Å². The number of aromatic amines is 1. The Balaban J connectivity index is 1.20. The van der Waals surface area contributed by atoms with Gasteiger partial charge in [0.25, 0.3) is 0 Å². The summed E-state index contributed by atoms with van der Waals surface area (Å²) >= 11 is 0. The zero-order valence-corrected chi connectivity index (χ0v) is 20.3. The Morgan fingerprint density at radius 2 is 1.97 bits per heavy atom. The third-order valence-corrected chi connectivity index (χ3v) is 6.48. The number of nitrogens with zero attached hydrogens (tertiary/aromatic N) is 1. The second-order valence-electron chi connectivity index (χ2n) is 9.12. The van der Waals surface area contributed by atoms with Crippen LogP contribution in [0.25, 0.3) is 10.9 Å². The van der Waals surface area contributed by atoms with Gasteiger partial charge in [0.1, 0.15) is 5.75 Å². The summed E-state index contributed by atoms with van der Waals surface area (Å²) in [7, 11) is 2.19. The number of rotatable bonds is 15. The number of aromatic nitrogens is 1. The van der Waals surface area contributed by atoms with Gasteiger partial charge in [0.15, 0.2) is 0 Å². The highest BCUT2D eigenvalue weighted by molar-refractivity contribution is 5.87. The van der Waals surface area contributed by atoms with Crippen LogP contribution in [0.4, 0.5) is 0 Å². The fraction of sp³-hybridized carbons (Fsp3) is 0.593. The molecule has 2 aromatic rings. The van der Waals surface area contributed by atoms with Gasteiger partial charge in [-0.15, -0.1) is 11.8 Å². The van der Waals surface area contributed by atoms with E-state index in [0.717, 1.165) is 71.2 Å². The lowest BCUT2D eigenvalue weighted by molar-refractivity contribution is 0.113. The molecule has 186 valence electrons. The minimum atomic E-state index is -0.715. The van der Waals surface area contributed by atoms with E-state index in [0.29, 0.717) is 29.1 Å². The number of hydrogen-bond acceptors (Lipinski definition) is 6. The van der Waals surface area contributed by atoms with Crippen LogP contribution < -0.4 is 10.9 Å². The number of ether oxygens (including phenoxy) is 1. The summed E-state index contributed by atoms with van der Waals surface area (Å²) in [5, 5.41) is 24.5. The van der Waals surface area contributed by atoms with E-state index < -0.39 is 6.10 Å². The molecule has 1 aromatic carbocycles. The predicted octanol–water partition coefficient (Wildman–Crippen LogP) is 3.31. The Kier molecular flexibility index (Phi) is 10.9. The van der Waals surface area contributed by atoms with Gasteiger partial charge in [-0.05, 0) is 57.0 Å². The van der Waals surface area contributed by atoms with E-state index in [9.17, 15) is 15.0 Å². The Bertz CT molecular complexity index is 1010. The molecule has 0 spiro atoms. The van der Waals surface area contributed by atoms with E-state index in [-0.39, 0.29) is 11.3 Å². The fourth-order valence-electron chi connectivity index (χ4n) is 4.40. The Hall–Kier alpha value is -2.37. The number of hydrogen-bond donors (Lipinski definition) is 4. The highest BCUT2D eigenvalue weighted by Gasteiger charge is 2.15. The number of benzene rings is 1. The number of aliphatic hydroxyl groups excluding tert-OH is 1. The number of phenolic OH excluding ortho intramolecular Hbond substituents is 1. The van der Waals surface area contributed by atoms with E-state index in [1.54, 1.807) is 12.1 Å². The standard InChI is InChI=1S/C27H39N3O4/c1-30(21-10-5-4-6-11-21)17-9-19-34-18-8-3-2-7-16-28-20-25(32)22-12-14-24(31)27-23(22)13-15-26(33)29-27/h12-15,21,25,28,31-32H,2-3,5,7-11,16-20H2,1H3,(H,29,33)/t21?,25-/m0/s1. The highest BCUT2D eigenvalue weighted by atomic mass is 16.5. The van der Waals surface area contributed by atoms with Crippen molar-refractivity contribution in [1.82, 2.24) is 15.2 Å². The van der Waals surface area contributed by atoms with Gasteiger partial charge in [-0.25, -0.2) is 0 Å². The fourth-order valence-corrected chi connectivity index (χ4v) is 4.40. The molecule has 7 nitrogen and oxygen atoms in total. The molecule has 0 aliphatic heterocycles. The molecule has 3 rings (SSSR count). The SMILES string of the molecule is CN(CCCOCCCCCCNC[C@H](O)c1ccc(O)c2[nH]c(=O)ccc12)C1CC#CCC1. The van der Waals surface area contributed by atoms with Crippen molar-refractivity contribution in [1.29, 1.82) is 0 Å². The summed E-state index contributed by atoms with van der Waals surface area (Å²) in [5.41, 5.74) is 0.764. The molecule has 1 unspecified atom stereocenters. The third-order valence-electron chi connectivity index (χ3n) is 6.48. The lowest BCUT2D eigenvalue weighted by atomic mass is 10.0. The lowest BCUT2D eigenvalue weighted by Gasteiger charge is -2.27. The van der Waals surface area contributed by atoms with Gasteiger partial charge >= 0.3 is 0 Å². The Labute approximate surface area is 202 Å². The number of phenols is 1. The van der Waals surface area contributed by atoms with Gasteiger partial charge in [0.05, 0.1) is 11.6 Å². The molecule has 0 amide bonds. The summed E-state index contributed by atoms with van der Waals surface area (Å²) in [6.45, 7) is 3.97. The van der Waals surface area contributed by atoms with Gasteiger partial charge in [-0.3, -0.25) is 4.79 Å². The van der Waals surface area contributed by atoms with Gasteiger partial charge in [-0.2, -0.15) is 0 Å². The maximum absolute atomic E-state index is 11.5. The summed E-state index contributed by atoms with van der Waals surface area (Å²) in [6, 6.07) is 6.86. The van der Waals surface area contributed by atoms with E-state index in [2.05, 4.69) is 34.1 Å². The minimum absolute atomic E-state index is 0.00249. The molecule has 0 bridgehead atoms. The number of aromatic hydroxyl groups is 1. The van der Waals surface area contributed by atoms with Crippen LogP contribution in [0, 0.1) is 11.8 Å². The minimum Gasteiger partial charge on any atom is -0.506 e. The van der Waals surface area contributed by atoms with E-state index >= 15 is 0 Å². The first kappa shape index (κ1) is 26.2. The molecule has 0 fully saturated rings. The first-order valence-corrected chi connectivity index (χ1v) is 12.5. The second-order valence-corrected chi connectivity index (χ2v) is 9.12. The summed E-state index contributed by atoms with van der Waals surface area (Å²) in [4.78, 5) is 16.6.